The summed E-state index contributed by atoms with van der Waals surface area (Å²) in [6.45, 7) is 3.98. The number of rotatable bonds is 2. The number of aromatic amines is 1. The molecule has 0 amide bonds. The van der Waals surface area contributed by atoms with Crippen LogP contribution in [0.15, 0.2) is 36.1 Å². The van der Waals surface area contributed by atoms with Gasteiger partial charge in [-0.2, -0.15) is 0 Å². The van der Waals surface area contributed by atoms with Gasteiger partial charge < -0.3 is 15.0 Å². The summed E-state index contributed by atoms with van der Waals surface area (Å²) in [5.74, 6) is -1.66. The fraction of sp³-hybridized carbons (Fsp3) is 0.158. The van der Waals surface area contributed by atoms with Crippen LogP contribution in [0.2, 0.25) is 0 Å². The molecule has 0 bridgehead atoms. The van der Waals surface area contributed by atoms with E-state index in [9.17, 15) is 13.9 Å². The van der Waals surface area contributed by atoms with E-state index in [1.165, 1.54) is 11.0 Å². The van der Waals surface area contributed by atoms with Crippen LogP contribution in [0.25, 0.3) is 16.6 Å². The van der Waals surface area contributed by atoms with Crippen molar-refractivity contribution in [2.45, 2.75) is 13.8 Å². The van der Waals surface area contributed by atoms with Crippen molar-refractivity contribution >= 4 is 28.1 Å². The zero-order valence-corrected chi connectivity index (χ0v) is 14.2. The molecule has 4 rings (SSSR count). The first kappa shape index (κ1) is 16.3. The molecule has 2 aromatic carbocycles. The van der Waals surface area contributed by atoms with E-state index in [2.05, 4.69) is 9.97 Å². The summed E-state index contributed by atoms with van der Waals surface area (Å²) in [6, 6.07) is 7.28. The molecule has 5 nitrogen and oxygen atoms in total. The Labute approximate surface area is 148 Å². The molecule has 132 valence electrons. The molecule has 0 saturated heterocycles. The molecule has 2 heterocycles. The molecule has 3 aromatic rings. The molecule has 1 aliphatic rings. The van der Waals surface area contributed by atoms with Gasteiger partial charge in [0.25, 0.3) is 0 Å². The van der Waals surface area contributed by atoms with Crippen LogP contribution in [-0.2, 0) is 0 Å². The molecule has 1 aliphatic heterocycles. The summed E-state index contributed by atoms with van der Waals surface area (Å²) in [7, 11) is 0. The molecule has 7 heteroatoms. The molecule has 26 heavy (non-hydrogen) atoms. The summed E-state index contributed by atoms with van der Waals surface area (Å²) in [5.41, 5.74) is 4.29. The Morgan fingerprint density at radius 3 is 2.58 bits per heavy atom. The van der Waals surface area contributed by atoms with Crippen LogP contribution in [-0.4, -0.2) is 27.5 Å². The Morgan fingerprint density at radius 2 is 1.85 bits per heavy atom. The predicted molar refractivity (Wildman–Crippen MR) is 96.5 cm³/mol. The quantitative estimate of drug-likeness (QED) is 0.645. The summed E-state index contributed by atoms with van der Waals surface area (Å²) in [5, 5.41) is 18.8. The molecular formula is C19H16F2N4O. The van der Waals surface area contributed by atoms with E-state index < -0.39 is 11.6 Å². The van der Waals surface area contributed by atoms with Crippen LogP contribution in [0.5, 0.6) is 0 Å². The molecule has 0 fully saturated rings. The van der Waals surface area contributed by atoms with Crippen molar-refractivity contribution in [3.63, 3.8) is 0 Å². The second-order valence-corrected chi connectivity index (χ2v) is 6.39. The Bertz CT molecular complexity index is 1060. The van der Waals surface area contributed by atoms with E-state index in [0.29, 0.717) is 11.5 Å². The first-order chi connectivity index (χ1) is 12.3. The van der Waals surface area contributed by atoms with Crippen LogP contribution in [0, 0.1) is 30.9 Å². The van der Waals surface area contributed by atoms with Crippen molar-refractivity contribution in [1.29, 1.82) is 5.41 Å². The van der Waals surface area contributed by atoms with Crippen molar-refractivity contribution < 1.29 is 13.9 Å². The van der Waals surface area contributed by atoms with Gasteiger partial charge in [0.05, 0.1) is 23.2 Å². The van der Waals surface area contributed by atoms with E-state index in [0.717, 1.165) is 34.3 Å². The highest BCUT2D eigenvalue weighted by atomic mass is 19.2. The third-order valence-electron chi connectivity index (χ3n) is 4.65. The minimum Gasteiger partial charge on any atom is -0.509 e. The molecule has 0 atom stereocenters. The number of aliphatic hydroxyl groups is 1. The fourth-order valence-electron chi connectivity index (χ4n) is 3.09. The van der Waals surface area contributed by atoms with Crippen molar-refractivity contribution in [3.05, 3.63) is 64.7 Å². The lowest BCUT2D eigenvalue weighted by Gasteiger charge is -2.18. The van der Waals surface area contributed by atoms with Crippen molar-refractivity contribution in [2.75, 3.05) is 11.4 Å². The van der Waals surface area contributed by atoms with E-state index in [4.69, 9.17) is 5.41 Å². The molecule has 0 saturated carbocycles. The Kier molecular flexibility index (Phi) is 3.54. The van der Waals surface area contributed by atoms with Crippen LogP contribution < -0.4 is 4.90 Å². The largest absolute Gasteiger partial charge is 0.509 e. The van der Waals surface area contributed by atoms with Crippen LogP contribution in [0.3, 0.4) is 0 Å². The summed E-state index contributed by atoms with van der Waals surface area (Å²) >= 11 is 0. The number of aryl methyl sites for hydroxylation is 2. The summed E-state index contributed by atoms with van der Waals surface area (Å²) < 4.78 is 26.7. The highest BCUT2D eigenvalue weighted by Gasteiger charge is 2.31. The van der Waals surface area contributed by atoms with Gasteiger partial charge in [0.1, 0.15) is 17.4 Å². The number of hydrogen-bond donors (Lipinski definition) is 3. The number of nitrogens with one attached hydrogen (secondary N) is 2. The smallest absolute Gasteiger partial charge is 0.160 e. The van der Waals surface area contributed by atoms with Gasteiger partial charge in [-0.3, -0.25) is 5.41 Å². The molecule has 0 radical (unpaired) electrons. The third-order valence-corrected chi connectivity index (χ3v) is 4.65. The van der Waals surface area contributed by atoms with Crippen LogP contribution in [0.4, 0.5) is 14.5 Å². The highest BCUT2D eigenvalue weighted by molar-refractivity contribution is 6.30. The number of nitrogens with zero attached hydrogens (tertiary/aromatic N) is 2. The van der Waals surface area contributed by atoms with Gasteiger partial charge in [-0.25, -0.2) is 13.8 Å². The second-order valence-electron chi connectivity index (χ2n) is 6.39. The minimum atomic E-state index is -1.00. The van der Waals surface area contributed by atoms with Gasteiger partial charge in [0.2, 0.25) is 0 Å². The number of benzene rings is 2. The van der Waals surface area contributed by atoms with Gasteiger partial charge in [-0.1, -0.05) is 0 Å². The maximum Gasteiger partial charge on any atom is 0.160 e. The second kappa shape index (κ2) is 5.66. The fourth-order valence-corrected chi connectivity index (χ4v) is 3.09. The Balaban J connectivity index is 1.74. The number of aromatic nitrogens is 2. The molecule has 0 spiro atoms. The third kappa shape index (κ3) is 2.44. The summed E-state index contributed by atoms with van der Waals surface area (Å²) in [6.07, 6.45) is 0. The number of anilines is 1. The highest BCUT2D eigenvalue weighted by Crippen LogP contribution is 2.31. The first-order valence-electron chi connectivity index (χ1n) is 8.06. The number of amidine groups is 1. The molecule has 1 aromatic heterocycles. The van der Waals surface area contributed by atoms with Gasteiger partial charge in [0.15, 0.2) is 11.6 Å². The maximum absolute atomic E-state index is 13.5. The lowest BCUT2D eigenvalue weighted by Crippen LogP contribution is -2.26. The molecule has 0 unspecified atom stereocenters. The Morgan fingerprint density at radius 1 is 1.12 bits per heavy atom. The van der Waals surface area contributed by atoms with Crippen LogP contribution >= 0.6 is 0 Å². The van der Waals surface area contributed by atoms with E-state index in [-0.39, 0.29) is 23.7 Å². The van der Waals surface area contributed by atoms with E-state index >= 15 is 0 Å². The first-order valence-corrected chi connectivity index (χ1v) is 8.06. The lowest BCUT2D eigenvalue weighted by atomic mass is 10.1. The maximum atomic E-state index is 13.5. The number of halogens is 2. The monoisotopic (exact) mass is 354 g/mol. The van der Waals surface area contributed by atoms with Gasteiger partial charge >= 0.3 is 0 Å². The Hall–Kier alpha value is -3.22. The van der Waals surface area contributed by atoms with E-state index in [1.54, 1.807) is 0 Å². The molecular weight excluding hydrogens is 338 g/mol. The average Bonchev–Trinajstić information content (AvgIpc) is 3.10. The molecule has 0 aliphatic carbocycles. The standard InChI is InChI=1S/C19H16F2N4O/c1-9-5-14-15(6-10(9)2)24-19(23-14)17-16(26)8-25(18(17)22)11-3-4-12(20)13(21)7-11/h3-7,22,26H,8H2,1-2H3,(H,23,24). The summed E-state index contributed by atoms with van der Waals surface area (Å²) in [4.78, 5) is 9.01. The normalized spacial score (nSPS) is 14.8. The minimum absolute atomic E-state index is 0.00562. The van der Waals surface area contributed by atoms with Crippen molar-refractivity contribution in [1.82, 2.24) is 9.97 Å². The number of H-pyrrole nitrogens is 1. The predicted octanol–water partition coefficient (Wildman–Crippen LogP) is 4.22. The zero-order chi connectivity index (χ0) is 18.6. The lowest BCUT2D eigenvalue weighted by molar-refractivity contribution is 0.411. The van der Waals surface area contributed by atoms with Crippen LogP contribution in [0.1, 0.15) is 17.0 Å². The van der Waals surface area contributed by atoms with Gasteiger partial charge in [-0.05, 0) is 49.2 Å². The van der Waals surface area contributed by atoms with Gasteiger partial charge in [0, 0.05) is 11.8 Å². The number of aliphatic hydroxyl groups excluding tert-OH is 1. The number of fused-ring (bicyclic) bond motifs is 1. The zero-order valence-electron chi connectivity index (χ0n) is 14.2. The molecule has 3 N–H and O–H groups in total. The van der Waals surface area contributed by atoms with E-state index in [1.807, 2.05) is 26.0 Å². The van der Waals surface area contributed by atoms with Crippen molar-refractivity contribution in [2.24, 2.45) is 0 Å². The van der Waals surface area contributed by atoms with Gasteiger partial charge in [-0.15, -0.1) is 0 Å². The number of hydrogen-bond acceptors (Lipinski definition) is 3. The topological polar surface area (TPSA) is 76.0 Å². The number of imidazole rings is 1. The average molecular weight is 354 g/mol. The van der Waals surface area contributed by atoms with Crippen molar-refractivity contribution in [3.8, 4) is 0 Å². The SMILES string of the molecule is Cc1cc2nc(C3=C(O)CN(c4ccc(F)c(F)c4)C3=N)[nH]c2cc1C.